The predicted octanol–water partition coefficient (Wildman–Crippen LogP) is 9.19. The highest BCUT2D eigenvalue weighted by atomic mass is 16.5. The summed E-state index contributed by atoms with van der Waals surface area (Å²) in [4.78, 5) is 0. The molecule has 4 rings (SSSR count). The summed E-state index contributed by atoms with van der Waals surface area (Å²) >= 11 is 0. The van der Waals surface area contributed by atoms with Crippen molar-refractivity contribution in [2.24, 2.45) is 5.92 Å². The van der Waals surface area contributed by atoms with Crippen LogP contribution in [0, 0.1) is 5.92 Å². The van der Waals surface area contributed by atoms with E-state index in [1.807, 2.05) is 0 Å². The second kappa shape index (κ2) is 12.0. The number of benzene rings is 3. The summed E-state index contributed by atoms with van der Waals surface area (Å²) in [5.41, 5.74) is 7.84. The second-order valence-corrected chi connectivity index (χ2v) is 9.47. The molecule has 1 aliphatic rings. The highest BCUT2D eigenvalue weighted by Crippen LogP contribution is 2.38. The van der Waals surface area contributed by atoms with Crippen molar-refractivity contribution in [1.29, 1.82) is 0 Å². The average Bonchev–Trinajstić information content (AvgIpc) is 2.89. The summed E-state index contributed by atoms with van der Waals surface area (Å²) in [5.74, 6) is 1.62. The molecule has 3 aromatic rings. The summed E-state index contributed by atoms with van der Waals surface area (Å²) < 4.78 is 5.64. The van der Waals surface area contributed by atoms with Gasteiger partial charge >= 0.3 is 0 Å². The smallest absolute Gasteiger partial charge is 0.0716 e. The number of hydrogen-bond donors (Lipinski definition) is 0. The van der Waals surface area contributed by atoms with Crippen molar-refractivity contribution in [2.75, 3.05) is 6.61 Å². The molecule has 0 bridgehead atoms. The molecule has 0 amide bonds. The molecule has 1 nitrogen and oxygen atoms in total. The molecule has 0 spiro atoms. The van der Waals surface area contributed by atoms with Crippen LogP contribution in [0.4, 0.5) is 0 Å². The Balaban J connectivity index is 1.35. The predicted molar refractivity (Wildman–Crippen MR) is 141 cm³/mol. The minimum atomic E-state index is 0.695. The summed E-state index contributed by atoms with van der Waals surface area (Å²) in [6, 6.07) is 27.0. The summed E-state index contributed by atoms with van der Waals surface area (Å²) in [5, 5.41) is 0. The molecule has 0 aliphatic heterocycles. The zero-order valence-electron chi connectivity index (χ0n) is 20.3. The van der Waals surface area contributed by atoms with Gasteiger partial charge in [-0.25, -0.2) is 0 Å². The van der Waals surface area contributed by atoms with Crippen LogP contribution in [0.2, 0.25) is 0 Å². The first-order valence-corrected chi connectivity index (χ1v) is 12.8. The standard InChI is InChI=1S/C32H38O/c1-3-5-6-25-7-11-27(12-8-25)29-15-19-31(20-16-29)32-21-17-30(18-22-32)28-13-9-26(10-14-28)24-33-23-4-2/h3,5,9-10,13-22,25,27H,4,6-8,11-12,23-24H2,1-2H3/b5-3+/t25-,27-. The van der Waals surface area contributed by atoms with E-state index in [-0.39, 0.29) is 0 Å². The van der Waals surface area contributed by atoms with Crippen molar-refractivity contribution >= 4 is 0 Å². The fourth-order valence-corrected chi connectivity index (χ4v) is 4.99. The Morgan fingerprint density at radius 3 is 1.76 bits per heavy atom. The molecule has 0 radical (unpaired) electrons. The van der Waals surface area contributed by atoms with Crippen LogP contribution in [0.25, 0.3) is 22.3 Å². The van der Waals surface area contributed by atoms with E-state index in [0.717, 1.165) is 24.9 Å². The van der Waals surface area contributed by atoms with Crippen molar-refractivity contribution in [3.05, 3.63) is 96.1 Å². The average molecular weight is 439 g/mol. The third-order valence-corrected chi connectivity index (χ3v) is 7.06. The third kappa shape index (κ3) is 6.45. The van der Waals surface area contributed by atoms with Crippen LogP contribution in [-0.4, -0.2) is 6.61 Å². The summed E-state index contributed by atoms with van der Waals surface area (Å²) in [6.07, 6.45) is 12.2. The molecule has 0 unspecified atom stereocenters. The Morgan fingerprint density at radius 1 is 0.727 bits per heavy atom. The quantitative estimate of drug-likeness (QED) is 0.239. The molecule has 0 N–H and O–H groups in total. The van der Waals surface area contributed by atoms with Crippen LogP contribution in [0.1, 0.15) is 69.4 Å². The van der Waals surface area contributed by atoms with Gasteiger partial charge in [-0.15, -0.1) is 0 Å². The maximum atomic E-state index is 5.64. The molecule has 0 aromatic heterocycles. The lowest BCUT2D eigenvalue weighted by molar-refractivity contribution is 0.121. The molecule has 1 fully saturated rings. The molecule has 33 heavy (non-hydrogen) atoms. The first kappa shape index (κ1) is 23.5. The van der Waals surface area contributed by atoms with Crippen LogP contribution in [0.15, 0.2) is 84.9 Å². The van der Waals surface area contributed by atoms with E-state index in [4.69, 9.17) is 4.74 Å². The van der Waals surface area contributed by atoms with E-state index in [1.165, 1.54) is 65.5 Å². The van der Waals surface area contributed by atoms with Crippen molar-refractivity contribution < 1.29 is 4.74 Å². The van der Waals surface area contributed by atoms with Gasteiger partial charge in [0.1, 0.15) is 0 Å². The van der Waals surface area contributed by atoms with Gasteiger partial charge in [-0.05, 0) is 90.7 Å². The fourth-order valence-electron chi connectivity index (χ4n) is 4.99. The van der Waals surface area contributed by atoms with Crippen LogP contribution in [-0.2, 0) is 11.3 Å². The Hall–Kier alpha value is -2.64. The van der Waals surface area contributed by atoms with Gasteiger partial charge in [0.25, 0.3) is 0 Å². The van der Waals surface area contributed by atoms with Crippen LogP contribution < -0.4 is 0 Å². The molecular weight excluding hydrogens is 400 g/mol. The topological polar surface area (TPSA) is 9.23 Å². The Labute approximate surface area is 200 Å². The Bertz CT molecular complexity index is 988. The second-order valence-electron chi connectivity index (χ2n) is 9.47. The molecule has 1 saturated carbocycles. The zero-order chi connectivity index (χ0) is 22.9. The van der Waals surface area contributed by atoms with Gasteiger partial charge in [0.2, 0.25) is 0 Å². The summed E-state index contributed by atoms with van der Waals surface area (Å²) in [7, 11) is 0. The van der Waals surface area contributed by atoms with Gasteiger partial charge in [-0.2, -0.15) is 0 Å². The minimum Gasteiger partial charge on any atom is -0.377 e. The lowest BCUT2D eigenvalue weighted by atomic mass is 9.77. The SMILES string of the molecule is C/C=C/C[C@H]1CC[C@H](c2ccc(-c3ccc(-c4ccc(COCCC)cc4)cc3)cc2)CC1. The maximum absolute atomic E-state index is 5.64. The number of rotatable bonds is 9. The normalized spacial score (nSPS) is 18.6. The summed E-state index contributed by atoms with van der Waals surface area (Å²) in [6.45, 7) is 5.78. The van der Waals surface area contributed by atoms with Gasteiger partial charge in [0.05, 0.1) is 6.61 Å². The molecule has 0 atom stereocenters. The van der Waals surface area contributed by atoms with Crippen LogP contribution in [0.3, 0.4) is 0 Å². The van der Waals surface area contributed by atoms with E-state index < -0.39 is 0 Å². The minimum absolute atomic E-state index is 0.695. The van der Waals surface area contributed by atoms with Gasteiger partial charge in [-0.3, -0.25) is 0 Å². The number of allylic oxidation sites excluding steroid dienone is 2. The molecule has 1 heteroatoms. The van der Waals surface area contributed by atoms with Gasteiger partial charge in [0.15, 0.2) is 0 Å². The lowest BCUT2D eigenvalue weighted by Gasteiger charge is -2.28. The molecule has 3 aromatic carbocycles. The van der Waals surface area contributed by atoms with Crippen molar-refractivity contribution in [2.45, 2.75) is 64.9 Å². The number of ether oxygens (including phenoxy) is 1. The Kier molecular flexibility index (Phi) is 8.55. The Morgan fingerprint density at radius 2 is 1.24 bits per heavy atom. The molecule has 1 aliphatic carbocycles. The van der Waals surface area contributed by atoms with Gasteiger partial charge in [-0.1, -0.05) is 91.9 Å². The lowest BCUT2D eigenvalue weighted by Crippen LogP contribution is -2.12. The first-order valence-electron chi connectivity index (χ1n) is 12.8. The van der Waals surface area contributed by atoms with E-state index in [0.29, 0.717) is 6.61 Å². The molecule has 0 heterocycles. The fraction of sp³-hybridized carbons (Fsp3) is 0.375. The third-order valence-electron chi connectivity index (χ3n) is 7.06. The number of hydrogen-bond acceptors (Lipinski definition) is 1. The van der Waals surface area contributed by atoms with Crippen LogP contribution >= 0.6 is 0 Å². The van der Waals surface area contributed by atoms with Crippen molar-refractivity contribution in [1.82, 2.24) is 0 Å². The largest absolute Gasteiger partial charge is 0.377 e. The van der Waals surface area contributed by atoms with Gasteiger partial charge < -0.3 is 4.74 Å². The zero-order valence-corrected chi connectivity index (χ0v) is 20.3. The highest BCUT2D eigenvalue weighted by molar-refractivity contribution is 5.70. The monoisotopic (exact) mass is 438 g/mol. The highest BCUT2D eigenvalue weighted by Gasteiger charge is 2.21. The van der Waals surface area contributed by atoms with E-state index >= 15 is 0 Å². The van der Waals surface area contributed by atoms with Crippen molar-refractivity contribution in [3.63, 3.8) is 0 Å². The van der Waals surface area contributed by atoms with E-state index in [9.17, 15) is 0 Å². The van der Waals surface area contributed by atoms with E-state index in [1.54, 1.807) is 0 Å². The maximum Gasteiger partial charge on any atom is 0.0716 e. The van der Waals surface area contributed by atoms with E-state index in [2.05, 4.69) is 98.8 Å². The first-order chi connectivity index (χ1) is 16.3. The van der Waals surface area contributed by atoms with Crippen LogP contribution in [0.5, 0.6) is 0 Å². The van der Waals surface area contributed by atoms with Gasteiger partial charge in [0, 0.05) is 6.61 Å². The molecule has 0 saturated heterocycles. The molecule has 172 valence electrons. The van der Waals surface area contributed by atoms with Crippen molar-refractivity contribution in [3.8, 4) is 22.3 Å². The molecular formula is C32H38O.